The fourth-order valence-corrected chi connectivity index (χ4v) is 6.33. The molecule has 0 aliphatic carbocycles. The summed E-state index contributed by atoms with van der Waals surface area (Å²) in [5.41, 5.74) is 8.79. The van der Waals surface area contributed by atoms with Gasteiger partial charge in [-0.3, -0.25) is 10.1 Å². The lowest BCUT2D eigenvalue weighted by Crippen LogP contribution is -2.29. The fraction of sp³-hybridized carbons (Fsp3) is 0.273. The molecule has 0 saturated carbocycles. The zero-order valence-corrected chi connectivity index (χ0v) is 38.7. The monoisotopic (exact) mass is 999 g/mol. The number of nitrogens with one attached hydrogen (secondary N) is 1. The molecular formula is C44H50Cl5N5O11. The number of halogens is 5. The summed E-state index contributed by atoms with van der Waals surface area (Å²) in [6, 6.07) is 28.3. The Morgan fingerprint density at radius 2 is 0.969 bits per heavy atom. The highest BCUT2D eigenvalue weighted by Crippen LogP contribution is 2.26. The number of anilines is 2. The molecule has 0 bridgehead atoms. The summed E-state index contributed by atoms with van der Waals surface area (Å²) in [6.45, 7) is 3.54. The van der Waals surface area contributed by atoms with Crippen LogP contribution in [0.5, 0.6) is 40.2 Å². The van der Waals surface area contributed by atoms with Crippen molar-refractivity contribution >= 4 is 88.1 Å². The average Bonchev–Trinajstić information content (AvgIpc) is 3.27. The van der Waals surface area contributed by atoms with Crippen LogP contribution in [0.1, 0.15) is 11.1 Å². The molecule has 21 heteroatoms. The third-order valence-electron chi connectivity index (χ3n) is 8.68. The Bertz CT molecular complexity index is 2180. The minimum atomic E-state index is -0.940. The molecular weight excluding hydrogens is 952 g/mol. The largest absolute Gasteiger partial charge is 0.519 e. The van der Waals surface area contributed by atoms with E-state index in [4.69, 9.17) is 76.6 Å². The Hall–Kier alpha value is -5.75. The number of nitrogens with zero attached hydrogens (tertiary/aromatic N) is 3. The zero-order chi connectivity index (χ0) is 46.9. The lowest BCUT2D eigenvalue weighted by molar-refractivity contribution is -0.384. The first-order valence-electron chi connectivity index (χ1n) is 19.6. The first-order chi connectivity index (χ1) is 30.8. The number of non-ortho nitro benzene ring substituents is 1. The number of aromatic hydroxyl groups is 4. The number of alkyl halides is 4. The van der Waals surface area contributed by atoms with Gasteiger partial charge in [-0.25, -0.2) is 9.59 Å². The van der Waals surface area contributed by atoms with Gasteiger partial charge in [0.1, 0.15) is 17.2 Å². The summed E-state index contributed by atoms with van der Waals surface area (Å²) >= 11 is 23.2. The van der Waals surface area contributed by atoms with Crippen LogP contribution in [0.3, 0.4) is 0 Å². The number of rotatable bonds is 19. The molecule has 7 N–H and O–H groups in total. The number of hydrogen-bond donors (Lipinski definition) is 6. The smallest absolute Gasteiger partial charge is 0.504 e. The second-order valence-electron chi connectivity index (χ2n) is 13.2. The van der Waals surface area contributed by atoms with Crippen LogP contribution >= 0.6 is 58.8 Å². The van der Waals surface area contributed by atoms with E-state index in [0.717, 1.165) is 22.5 Å². The van der Waals surface area contributed by atoms with E-state index in [1.807, 2.05) is 17.0 Å². The van der Waals surface area contributed by atoms with Gasteiger partial charge in [0.2, 0.25) is 0 Å². The van der Waals surface area contributed by atoms with Gasteiger partial charge >= 0.3 is 12.2 Å². The number of nitro benzene ring substituents is 1. The Morgan fingerprint density at radius 1 is 0.585 bits per heavy atom. The summed E-state index contributed by atoms with van der Waals surface area (Å²) < 4.78 is 15.3. The molecule has 5 aromatic carbocycles. The number of nitrogens with two attached hydrogens (primary N) is 1. The quantitative estimate of drug-likeness (QED) is 0.0113. The highest BCUT2D eigenvalue weighted by atomic mass is 35.5. The van der Waals surface area contributed by atoms with Gasteiger partial charge in [0.15, 0.2) is 23.0 Å². The molecule has 352 valence electrons. The highest BCUT2D eigenvalue weighted by molar-refractivity contribution is 6.19. The number of phenolic OH excluding ortho intramolecular Hbond substituents is 4. The number of phenols is 4. The minimum Gasteiger partial charge on any atom is -0.504 e. The van der Waals surface area contributed by atoms with Crippen LogP contribution in [0.25, 0.3) is 0 Å². The van der Waals surface area contributed by atoms with Crippen molar-refractivity contribution in [1.29, 1.82) is 0 Å². The van der Waals surface area contributed by atoms with Crippen molar-refractivity contribution in [3.63, 3.8) is 0 Å². The molecule has 0 spiro atoms. The topological polar surface area (TPSA) is 230 Å². The van der Waals surface area contributed by atoms with Gasteiger partial charge in [0.25, 0.3) is 5.69 Å². The van der Waals surface area contributed by atoms with Crippen LogP contribution < -0.4 is 35.1 Å². The van der Waals surface area contributed by atoms with Crippen molar-refractivity contribution in [1.82, 2.24) is 5.32 Å². The van der Waals surface area contributed by atoms with Crippen LogP contribution in [-0.2, 0) is 12.8 Å². The predicted molar refractivity (Wildman–Crippen MR) is 257 cm³/mol. The number of nitro groups is 1. The van der Waals surface area contributed by atoms with Gasteiger partial charge in [0, 0.05) is 79.8 Å². The molecule has 5 aromatic rings. The zero-order valence-electron chi connectivity index (χ0n) is 34.9. The maximum Gasteiger partial charge on any atom is 0.519 e. The third kappa shape index (κ3) is 20.3. The van der Waals surface area contributed by atoms with Crippen molar-refractivity contribution in [2.75, 3.05) is 72.6 Å². The number of amides is 1. The number of carbonyl (C=O) groups is 2. The standard InChI is InChI=1S/C19H22Cl2N2O4.C17H16Cl2N2O5.C8H11NO2.ClH/c20-8-11-23(12-9-21)15-2-4-16(5-3-15)27-19(26)22-10-7-14-1-6-17(24)18(25)13-14;18-9-11-20(12-10-19)13-1-5-15(6-2-13)25-17(22)26-16-7-3-14(4-8-16)21(23)24;9-4-3-6-1-2-7(10)8(11)5-6;/h1-6,13,24-25H,7-12H2,(H,22,26);1-8H,9-12H2;1-2,5,10-11H,3-4,9H2;1H. The van der Waals surface area contributed by atoms with Crippen molar-refractivity contribution in [3.05, 3.63) is 130 Å². The number of carbonyl (C=O) groups excluding carboxylic acids is 2. The van der Waals surface area contributed by atoms with Crippen LogP contribution in [0.4, 0.5) is 26.7 Å². The Kier molecular flexibility index (Phi) is 25.9. The third-order valence-corrected chi connectivity index (χ3v) is 9.35. The Balaban J connectivity index is 0.000000359. The maximum atomic E-state index is 11.9. The van der Waals surface area contributed by atoms with Gasteiger partial charge in [-0.1, -0.05) is 12.1 Å². The molecule has 0 unspecified atom stereocenters. The maximum absolute atomic E-state index is 11.9. The molecule has 0 atom stereocenters. The van der Waals surface area contributed by atoms with E-state index < -0.39 is 17.2 Å². The summed E-state index contributed by atoms with van der Waals surface area (Å²) in [6.07, 6.45) is -0.296. The summed E-state index contributed by atoms with van der Waals surface area (Å²) in [5, 5.41) is 49.9. The molecule has 0 fully saturated rings. The van der Waals surface area contributed by atoms with Crippen molar-refractivity contribution in [3.8, 4) is 40.2 Å². The van der Waals surface area contributed by atoms with Crippen LogP contribution in [0.2, 0.25) is 0 Å². The molecule has 5 rings (SSSR count). The lowest BCUT2D eigenvalue weighted by atomic mass is 10.1. The van der Waals surface area contributed by atoms with Crippen molar-refractivity contribution in [2.45, 2.75) is 12.8 Å². The normalized spacial score (nSPS) is 10.1. The van der Waals surface area contributed by atoms with Crippen molar-refractivity contribution in [2.24, 2.45) is 5.73 Å². The van der Waals surface area contributed by atoms with E-state index in [0.29, 0.717) is 87.1 Å². The van der Waals surface area contributed by atoms with E-state index in [9.17, 15) is 29.9 Å². The SMILES string of the molecule is Cl.NCCc1ccc(O)c(O)c1.O=C(NCCc1ccc(O)c(O)c1)Oc1ccc(N(CCCl)CCCl)cc1.O=C(Oc1ccc(N(CCCl)CCCl)cc1)Oc1ccc([N+](=O)[O-])cc1. The van der Waals surface area contributed by atoms with E-state index in [1.54, 1.807) is 48.5 Å². The van der Waals surface area contributed by atoms with Gasteiger partial charge in [0.05, 0.1) is 4.92 Å². The van der Waals surface area contributed by atoms with Gasteiger partial charge < -0.3 is 55.5 Å². The van der Waals surface area contributed by atoms with Gasteiger partial charge in [-0.15, -0.1) is 58.8 Å². The van der Waals surface area contributed by atoms with Crippen molar-refractivity contribution < 1.29 is 49.1 Å². The van der Waals surface area contributed by atoms with E-state index in [1.165, 1.54) is 48.5 Å². The highest BCUT2D eigenvalue weighted by Gasteiger charge is 2.13. The van der Waals surface area contributed by atoms with Crippen LogP contribution in [0.15, 0.2) is 109 Å². The lowest BCUT2D eigenvalue weighted by Gasteiger charge is -2.22. The predicted octanol–water partition coefficient (Wildman–Crippen LogP) is 9.19. The second kappa shape index (κ2) is 30.4. The molecule has 0 aliphatic rings. The second-order valence-corrected chi connectivity index (χ2v) is 14.7. The summed E-state index contributed by atoms with van der Waals surface area (Å²) in [7, 11) is 0. The van der Waals surface area contributed by atoms with E-state index in [-0.39, 0.29) is 46.8 Å². The van der Waals surface area contributed by atoms with Crippen LogP contribution in [0, 0.1) is 10.1 Å². The first kappa shape index (κ1) is 55.4. The summed E-state index contributed by atoms with van der Waals surface area (Å²) in [4.78, 5) is 37.8. The van der Waals surface area contributed by atoms with Crippen LogP contribution in [-0.4, -0.2) is 100 Å². The molecule has 0 saturated heterocycles. The fourth-order valence-electron chi connectivity index (χ4n) is 5.51. The average molecular weight is 1000 g/mol. The number of benzene rings is 5. The molecule has 1 amide bonds. The molecule has 65 heavy (non-hydrogen) atoms. The minimum absolute atomic E-state index is 0. The molecule has 0 aliphatic heterocycles. The number of ether oxygens (including phenoxy) is 3. The van der Waals surface area contributed by atoms with E-state index >= 15 is 0 Å². The molecule has 0 heterocycles. The number of hydrogen-bond acceptors (Lipinski definition) is 14. The molecule has 16 nitrogen and oxygen atoms in total. The summed E-state index contributed by atoms with van der Waals surface area (Å²) in [5.74, 6) is 2.26. The Labute approximate surface area is 402 Å². The Morgan fingerprint density at radius 3 is 1.34 bits per heavy atom. The van der Waals surface area contributed by atoms with E-state index in [2.05, 4.69) is 10.2 Å². The first-order valence-corrected chi connectivity index (χ1v) is 21.7. The molecule has 0 radical (unpaired) electrons. The van der Waals surface area contributed by atoms with Gasteiger partial charge in [-0.2, -0.15) is 0 Å². The van der Waals surface area contributed by atoms with Gasteiger partial charge in [-0.05, 0) is 115 Å². The molecule has 0 aromatic heterocycles.